The molecule has 0 bridgehead atoms. The van der Waals surface area contributed by atoms with Gasteiger partial charge in [-0.15, -0.1) is 0 Å². The van der Waals surface area contributed by atoms with Gasteiger partial charge in [-0.05, 0) is 42.0 Å². The van der Waals surface area contributed by atoms with Crippen LogP contribution in [0.25, 0.3) is 0 Å². The first-order valence-electron chi connectivity index (χ1n) is 9.95. The van der Waals surface area contributed by atoms with Crippen LogP contribution in [0.1, 0.15) is 48.2 Å². The molecule has 5 heteroatoms. The van der Waals surface area contributed by atoms with Gasteiger partial charge in [0.15, 0.2) is 0 Å². The van der Waals surface area contributed by atoms with Gasteiger partial charge in [-0.1, -0.05) is 57.2 Å². The van der Waals surface area contributed by atoms with E-state index in [4.69, 9.17) is 0 Å². The first-order valence-corrected chi connectivity index (χ1v) is 9.95. The zero-order valence-corrected chi connectivity index (χ0v) is 17.4. The van der Waals surface area contributed by atoms with Gasteiger partial charge in [0, 0.05) is 24.0 Å². The molecule has 148 valence electrons. The molecule has 29 heavy (non-hydrogen) atoms. The highest BCUT2D eigenvalue weighted by Crippen LogP contribution is 2.34. The van der Waals surface area contributed by atoms with Crippen LogP contribution in [0.5, 0.6) is 0 Å². The summed E-state index contributed by atoms with van der Waals surface area (Å²) in [5.74, 6) is 1.12. The van der Waals surface area contributed by atoms with Gasteiger partial charge in [-0.3, -0.25) is 4.79 Å². The Balaban J connectivity index is 1.65. The number of hydrogen-bond donors (Lipinski definition) is 1. The lowest BCUT2D eigenvalue weighted by Gasteiger charge is -2.23. The topological polar surface area (TPSA) is 58.1 Å². The van der Waals surface area contributed by atoms with E-state index in [-0.39, 0.29) is 11.3 Å². The van der Waals surface area contributed by atoms with Crippen molar-refractivity contribution in [3.63, 3.8) is 0 Å². The quantitative estimate of drug-likeness (QED) is 0.686. The number of rotatable bonds is 3. The predicted molar refractivity (Wildman–Crippen MR) is 117 cm³/mol. The summed E-state index contributed by atoms with van der Waals surface area (Å²) in [6.07, 6.45) is 0.972. The van der Waals surface area contributed by atoms with Crippen molar-refractivity contribution in [1.29, 1.82) is 0 Å². The molecule has 2 heterocycles. The summed E-state index contributed by atoms with van der Waals surface area (Å²) in [7, 11) is 0. The van der Waals surface area contributed by atoms with Crippen LogP contribution in [0, 0.1) is 6.92 Å². The smallest absolute Gasteiger partial charge is 0.274 e. The molecule has 0 fully saturated rings. The standard InChI is InChI=1S/C24H26N4O/c1-16-25-20(23(29)27-19-11-7-6-10-18(19)24(2,3)4)15-22(26-16)28-14-13-17-9-5-8-12-21(17)28/h5-12,15H,13-14H2,1-4H3,(H,27,29). The van der Waals surface area contributed by atoms with Crippen molar-refractivity contribution in [2.24, 2.45) is 0 Å². The Bertz CT molecular complexity index is 1070. The van der Waals surface area contributed by atoms with E-state index >= 15 is 0 Å². The van der Waals surface area contributed by atoms with Crippen molar-refractivity contribution >= 4 is 23.1 Å². The van der Waals surface area contributed by atoms with Crippen LogP contribution in [0.15, 0.2) is 54.6 Å². The lowest BCUT2D eigenvalue weighted by Crippen LogP contribution is -2.21. The number of carbonyl (C=O) groups excluding carboxylic acids is 1. The molecule has 0 aliphatic carbocycles. The number of aromatic nitrogens is 2. The van der Waals surface area contributed by atoms with Gasteiger partial charge < -0.3 is 10.2 Å². The fourth-order valence-electron chi connectivity index (χ4n) is 3.82. The van der Waals surface area contributed by atoms with Gasteiger partial charge in [0.05, 0.1) is 0 Å². The summed E-state index contributed by atoms with van der Waals surface area (Å²) in [5.41, 5.74) is 4.65. The third-order valence-electron chi connectivity index (χ3n) is 5.20. The maximum atomic E-state index is 13.0. The van der Waals surface area contributed by atoms with Crippen molar-refractivity contribution < 1.29 is 4.79 Å². The Morgan fingerprint density at radius 2 is 1.76 bits per heavy atom. The summed E-state index contributed by atoms with van der Waals surface area (Å²) in [6.45, 7) is 9.08. The molecule has 1 N–H and O–H groups in total. The molecule has 0 atom stereocenters. The van der Waals surface area contributed by atoms with Gasteiger partial charge in [0.25, 0.3) is 5.91 Å². The molecule has 0 unspecified atom stereocenters. The summed E-state index contributed by atoms with van der Waals surface area (Å²) < 4.78 is 0. The molecule has 1 amide bonds. The maximum Gasteiger partial charge on any atom is 0.274 e. The number of anilines is 3. The molecule has 1 aliphatic rings. The molecular weight excluding hydrogens is 360 g/mol. The second-order valence-corrected chi connectivity index (χ2v) is 8.44. The number of amides is 1. The van der Waals surface area contributed by atoms with Gasteiger partial charge in [-0.25, -0.2) is 9.97 Å². The van der Waals surface area contributed by atoms with Gasteiger partial charge in [0.1, 0.15) is 17.3 Å². The highest BCUT2D eigenvalue weighted by atomic mass is 16.1. The SMILES string of the molecule is Cc1nc(C(=O)Nc2ccccc2C(C)(C)C)cc(N2CCc3ccccc32)n1. The number of fused-ring (bicyclic) bond motifs is 1. The van der Waals surface area contributed by atoms with Crippen molar-refractivity contribution in [3.8, 4) is 0 Å². The fraction of sp³-hybridized carbons (Fsp3) is 0.292. The van der Waals surface area contributed by atoms with Crippen molar-refractivity contribution in [3.05, 3.63) is 77.2 Å². The highest BCUT2D eigenvalue weighted by molar-refractivity contribution is 6.04. The van der Waals surface area contributed by atoms with Crippen molar-refractivity contribution in [2.75, 3.05) is 16.8 Å². The first-order chi connectivity index (χ1) is 13.8. The average Bonchev–Trinajstić information content (AvgIpc) is 3.11. The van der Waals surface area contributed by atoms with Gasteiger partial charge in [-0.2, -0.15) is 0 Å². The molecule has 0 radical (unpaired) electrons. The van der Waals surface area contributed by atoms with Crippen LogP contribution in [-0.2, 0) is 11.8 Å². The number of carbonyl (C=O) groups is 1. The van der Waals surface area contributed by atoms with Crippen LogP contribution in [-0.4, -0.2) is 22.4 Å². The minimum Gasteiger partial charge on any atom is -0.326 e. The third-order valence-corrected chi connectivity index (χ3v) is 5.20. The predicted octanol–water partition coefficient (Wildman–Crippen LogP) is 5.03. The molecule has 4 rings (SSSR count). The van der Waals surface area contributed by atoms with E-state index in [1.165, 1.54) is 5.56 Å². The Kier molecular flexibility index (Phi) is 4.82. The summed E-state index contributed by atoms with van der Waals surface area (Å²) >= 11 is 0. The van der Waals surface area contributed by atoms with Crippen LogP contribution in [0.4, 0.5) is 17.2 Å². The third kappa shape index (κ3) is 3.86. The van der Waals surface area contributed by atoms with Crippen LogP contribution < -0.4 is 10.2 Å². The largest absolute Gasteiger partial charge is 0.326 e. The lowest BCUT2D eigenvalue weighted by atomic mass is 9.86. The molecular formula is C24H26N4O. The first kappa shape index (κ1) is 19.1. The number of aryl methyl sites for hydroxylation is 1. The molecule has 1 aromatic heterocycles. The minimum absolute atomic E-state index is 0.0735. The van der Waals surface area contributed by atoms with Crippen LogP contribution in [0.3, 0.4) is 0 Å². The average molecular weight is 386 g/mol. The van der Waals surface area contributed by atoms with Crippen molar-refractivity contribution in [1.82, 2.24) is 9.97 Å². The fourth-order valence-corrected chi connectivity index (χ4v) is 3.82. The zero-order valence-electron chi connectivity index (χ0n) is 17.4. The van der Waals surface area contributed by atoms with Gasteiger partial charge >= 0.3 is 0 Å². The summed E-state index contributed by atoms with van der Waals surface area (Å²) in [4.78, 5) is 24.2. The number of nitrogens with zero attached hydrogens (tertiary/aromatic N) is 3. The number of hydrogen-bond acceptors (Lipinski definition) is 4. The molecule has 0 saturated heterocycles. The van der Waals surface area contributed by atoms with Gasteiger partial charge in [0.2, 0.25) is 0 Å². The van der Waals surface area contributed by atoms with Crippen molar-refractivity contribution in [2.45, 2.75) is 39.5 Å². The summed E-state index contributed by atoms with van der Waals surface area (Å²) in [6, 6.07) is 18.0. The Labute approximate surface area is 171 Å². The van der Waals surface area contributed by atoms with Crippen LogP contribution >= 0.6 is 0 Å². The van der Waals surface area contributed by atoms with E-state index in [0.29, 0.717) is 11.5 Å². The lowest BCUT2D eigenvalue weighted by molar-refractivity contribution is 0.102. The molecule has 5 nitrogen and oxygen atoms in total. The Morgan fingerprint density at radius 3 is 2.55 bits per heavy atom. The van der Waals surface area contributed by atoms with E-state index in [1.54, 1.807) is 6.07 Å². The van der Waals surface area contributed by atoms with E-state index in [9.17, 15) is 4.79 Å². The number of benzene rings is 2. The monoisotopic (exact) mass is 386 g/mol. The zero-order chi connectivity index (χ0) is 20.6. The second-order valence-electron chi connectivity index (χ2n) is 8.44. The number of nitrogens with one attached hydrogen (secondary N) is 1. The van der Waals surface area contributed by atoms with Crippen LogP contribution in [0.2, 0.25) is 0 Å². The molecule has 0 saturated carbocycles. The molecule has 3 aromatic rings. The summed E-state index contributed by atoms with van der Waals surface area (Å²) in [5, 5.41) is 3.05. The Morgan fingerprint density at radius 1 is 1.03 bits per heavy atom. The maximum absolute atomic E-state index is 13.0. The normalized spacial score (nSPS) is 13.3. The molecule has 1 aliphatic heterocycles. The second kappa shape index (κ2) is 7.32. The van der Waals surface area contributed by atoms with E-state index < -0.39 is 0 Å². The highest BCUT2D eigenvalue weighted by Gasteiger charge is 2.24. The van der Waals surface area contributed by atoms with E-state index in [1.807, 2.05) is 37.3 Å². The molecule has 2 aromatic carbocycles. The number of para-hydroxylation sites is 2. The Hall–Kier alpha value is -3.21. The van der Waals surface area contributed by atoms with E-state index in [2.05, 4.69) is 59.2 Å². The minimum atomic E-state index is -0.221. The molecule has 0 spiro atoms. The van der Waals surface area contributed by atoms with E-state index in [0.717, 1.165) is 35.7 Å².